The number of hydrogen-bond donors (Lipinski definition) is 0. The smallest absolute Gasteiger partial charge is 0.0805 e. The molecule has 0 saturated carbocycles. The first-order valence-corrected chi connectivity index (χ1v) is 11.3. The van der Waals surface area contributed by atoms with Crippen LogP contribution in [-0.4, -0.2) is 12.7 Å². The Labute approximate surface area is 174 Å². The Bertz CT molecular complexity index is 1060. The van der Waals surface area contributed by atoms with Gasteiger partial charge in [0, 0.05) is 13.0 Å². The first-order chi connectivity index (χ1) is 14.4. The summed E-state index contributed by atoms with van der Waals surface area (Å²) in [4.78, 5) is 0. The molecule has 1 heteroatoms. The highest BCUT2D eigenvalue weighted by Gasteiger charge is 2.17. The predicted molar refractivity (Wildman–Crippen MR) is 124 cm³/mol. The largest absolute Gasteiger partial charge is 0.374 e. The van der Waals surface area contributed by atoms with E-state index in [1.54, 1.807) is 0 Å². The number of benzene rings is 3. The maximum absolute atomic E-state index is 6.33. The van der Waals surface area contributed by atoms with Crippen molar-refractivity contribution >= 4 is 22.4 Å². The molecule has 4 rings (SSSR count). The molecule has 0 amide bonds. The first-order valence-electron chi connectivity index (χ1n) is 11.3. The highest BCUT2D eigenvalue weighted by molar-refractivity contribution is 5.94. The molecule has 0 radical (unpaired) electrons. The maximum atomic E-state index is 6.33. The summed E-state index contributed by atoms with van der Waals surface area (Å²) < 4.78 is 6.33. The highest BCUT2D eigenvalue weighted by Crippen LogP contribution is 2.28. The van der Waals surface area contributed by atoms with E-state index in [1.165, 1.54) is 70.9 Å². The van der Waals surface area contributed by atoms with Crippen molar-refractivity contribution in [2.75, 3.05) is 6.61 Å². The fourth-order valence-electron chi connectivity index (χ4n) is 4.46. The van der Waals surface area contributed by atoms with Gasteiger partial charge in [0.05, 0.1) is 6.10 Å². The van der Waals surface area contributed by atoms with E-state index in [2.05, 4.69) is 79.7 Å². The van der Waals surface area contributed by atoms with Gasteiger partial charge in [-0.05, 0) is 44.8 Å². The summed E-state index contributed by atoms with van der Waals surface area (Å²) in [6.07, 6.45) is 11.2. The average molecular weight is 385 g/mol. The molecular weight excluding hydrogens is 352 g/mol. The molecule has 1 unspecified atom stereocenters. The van der Waals surface area contributed by atoms with Gasteiger partial charge in [0.1, 0.15) is 0 Å². The molecule has 0 aromatic heterocycles. The molecule has 150 valence electrons. The number of fused-ring (bicyclic) bond motifs is 2. The quantitative estimate of drug-likeness (QED) is 0.413. The SMILES string of the molecule is CCCCCCCCOC1C=c2ccccc2=C(c2cccc3ccccc23)C1. The van der Waals surface area contributed by atoms with Crippen LogP contribution in [0.1, 0.15) is 57.4 Å². The van der Waals surface area contributed by atoms with Gasteiger partial charge in [0.2, 0.25) is 0 Å². The molecule has 0 N–H and O–H groups in total. The third-order valence-electron chi connectivity index (χ3n) is 6.00. The zero-order chi connectivity index (χ0) is 19.9. The van der Waals surface area contributed by atoms with E-state index in [-0.39, 0.29) is 6.10 Å². The number of unbranched alkanes of at least 4 members (excludes halogenated alkanes) is 5. The zero-order valence-corrected chi connectivity index (χ0v) is 17.6. The van der Waals surface area contributed by atoms with Gasteiger partial charge in [-0.3, -0.25) is 0 Å². The van der Waals surface area contributed by atoms with Crippen molar-refractivity contribution in [3.63, 3.8) is 0 Å². The van der Waals surface area contributed by atoms with Crippen LogP contribution in [0.15, 0.2) is 66.7 Å². The second kappa shape index (κ2) is 9.89. The average Bonchev–Trinajstić information content (AvgIpc) is 2.77. The number of rotatable bonds is 9. The molecule has 0 fully saturated rings. The maximum Gasteiger partial charge on any atom is 0.0805 e. The van der Waals surface area contributed by atoms with Gasteiger partial charge in [-0.25, -0.2) is 0 Å². The lowest BCUT2D eigenvalue weighted by Gasteiger charge is -2.22. The van der Waals surface area contributed by atoms with Crippen LogP contribution in [0.3, 0.4) is 0 Å². The third kappa shape index (κ3) is 4.79. The van der Waals surface area contributed by atoms with E-state index >= 15 is 0 Å². The minimum atomic E-state index is 0.162. The van der Waals surface area contributed by atoms with Crippen LogP contribution < -0.4 is 10.4 Å². The molecule has 1 nitrogen and oxygen atoms in total. The lowest BCUT2D eigenvalue weighted by Crippen LogP contribution is -2.34. The Morgan fingerprint density at radius 1 is 0.793 bits per heavy atom. The van der Waals surface area contributed by atoms with E-state index in [9.17, 15) is 0 Å². The highest BCUT2D eigenvalue weighted by atomic mass is 16.5. The van der Waals surface area contributed by atoms with E-state index in [4.69, 9.17) is 4.74 Å². The molecule has 0 heterocycles. The minimum absolute atomic E-state index is 0.162. The molecular formula is C28H32O. The Kier molecular flexibility index (Phi) is 6.79. The number of ether oxygens (including phenoxy) is 1. The van der Waals surface area contributed by atoms with Crippen molar-refractivity contribution in [1.29, 1.82) is 0 Å². The van der Waals surface area contributed by atoms with E-state index < -0.39 is 0 Å². The Morgan fingerprint density at radius 3 is 2.48 bits per heavy atom. The summed E-state index contributed by atoms with van der Waals surface area (Å²) in [5.74, 6) is 0. The first kappa shape index (κ1) is 19.9. The van der Waals surface area contributed by atoms with Crippen LogP contribution >= 0.6 is 0 Å². The fraction of sp³-hybridized carbons (Fsp3) is 0.357. The van der Waals surface area contributed by atoms with E-state index in [1.807, 2.05) is 0 Å². The molecule has 0 saturated heterocycles. The van der Waals surface area contributed by atoms with Crippen molar-refractivity contribution in [2.24, 2.45) is 0 Å². The molecule has 1 aliphatic carbocycles. The molecule has 3 aromatic rings. The van der Waals surface area contributed by atoms with Gasteiger partial charge >= 0.3 is 0 Å². The fourth-order valence-corrected chi connectivity index (χ4v) is 4.46. The lowest BCUT2D eigenvalue weighted by molar-refractivity contribution is 0.0941. The van der Waals surface area contributed by atoms with Crippen LogP contribution in [0.25, 0.3) is 22.4 Å². The monoisotopic (exact) mass is 384 g/mol. The van der Waals surface area contributed by atoms with E-state index in [0.29, 0.717) is 0 Å². The molecule has 0 spiro atoms. The summed E-state index contributed by atoms with van der Waals surface area (Å²) in [6.45, 7) is 3.13. The molecule has 3 aromatic carbocycles. The molecule has 0 aliphatic heterocycles. The summed E-state index contributed by atoms with van der Waals surface area (Å²) in [5, 5.41) is 5.28. The summed E-state index contributed by atoms with van der Waals surface area (Å²) in [6, 6.07) is 24.1. The van der Waals surface area contributed by atoms with Crippen molar-refractivity contribution in [3.05, 3.63) is 82.7 Å². The predicted octanol–water partition coefficient (Wildman–Crippen LogP) is 5.97. The van der Waals surface area contributed by atoms with Crippen molar-refractivity contribution in [3.8, 4) is 0 Å². The van der Waals surface area contributed by atoms with Gasteiger partial charge in [-0.15, -0.1) is 0 Å². The lowest BCUT2D eigenvalue weighted by atomic mass is 9.89. The van der Waals surface area contributed by atoms with Crippen LogP contribution in [0, 0.1) is 0 Å². The normalized spacial score (nSPS) is 15.9. The third-order valence-corrected chi connectivity index (χ3v) is 6.00. The van der Waals surface area contributed by atoms with E-state index in [0.717, 1.165) is 13.0 Å². The van der Waals surface area contributed by atoms with Gasteiger partial charge < -0.3 is 4.74 Å². The van der Waals surface area contributed by atoms with Crippen LogP contribution in [0.4, 0.5) is 0 Å². The molecule has 1 atom stereocenters. The molecule has 0 bridgehead atoms. The van der Waals surface area contributed by atoms with Gasteiger partial charge in [0.15, 0.2) is 0 Å². The van der Waals surface area contributed by atoms with Crippen molar-refractivity contribution in [1.82, 2.24) is 0 Å². The van der Waals surface area contributed by atoms with Crippen molar-refractivity contribution in [2.45, 2.75) is 58.0 Å². The van der Waals surface area contributed by atoms with Crippen molar-refractivity contribution < 1.29 is 4.74 Å². The Morgan fingerprint density at radius 2 is 1.55 bits per heavy atom. The van der Waals surface area contributed by atoms with Crippen LogP contribution in [0.2, 0.25) is 0 Å². The second-order valence-corrected chi connectivity index (χ2v) is 8.14. The van der Waals surface area contributed by atoms with Crippen LogP contribution in [0.5, 0.6) is 0 Å². The topological polar surface area (TPSA) is 9.23 Å². The van der Waals surface area contributed by atoms with Gasteiger partial charge in [-0.2, -0.15) is 0 Å². The van der Waals surface area contributed by atoms with Gasteiger partial charge in [-0.1, -0.05) is 106 Å². The second-order valence-electron chi connectivity index (χ2n) is 8.14. The standard InChI is InChI=1S/C28H32O/c1-2-3-4-5-6-11-19-29-24-20-23-14-8-10-17-26(23)28(21-24)27-18-12-15-22-13-7-9-16-25(22)27/h7-10,12-18,20,24H,2-6,11,19,21H2,1H3. The molecule has 29 heavy (non-hydrogen) atoms. The Hall–Kier alpha value is -2.38. The molecule has 1 aliphatic rings. The summed E-state index contributed by atoms with van der Waals surface area (Å²) in [5.41, 5.74) is 2.75. The Balaban J connectivity index is 1.55. The van der Waals surface area contributed by atoms with Crippen LogP contribution in [-0.2, 0) is 4.74 Å². The zero-order valence-electron chi connectivity index (χ0n) is 17.6. The summed E-state index contributed by atoms with van der Waals surface area (Å²) in [7, 11) is 0. The minimum Gasteiger partial charge on any atom is -0.374 e. The summed E-state index contributed by atoms with van der Waals surface area (Å²) >= 11 is 0. The van der Waals surface area contributed by atoms with Gasteiger partial charge in [0.25, 0.3) is 0 Å². The number of hydrogen-bond acceptors (Lipinski definition) is 1.